The van der Waals surface area contributed by atoms with Gasteiger partial charge in [0.05, 0.1) is 18.0 Å². The molecule has 0 bridgehead atoms. The first kappa shape index (κ1) is 11.3. The van der Waals surface area contributed by atoms with E-state index in [4.69, 9.17) is 16.2 Å². The number of hydrogen-bond acceptors (Lipinski definition) is 3. The van der Waals surface area contributed by atoms with Crippen LogP contribution in [0.15, 0.2) is 42.5 Å². The summed E-state index contributed by atoms with van der Waals surface area (Å²) in [6.45, 7) is 2.61. The van der Waals surface area contributed by atoms with Crippen molar-refractivity contribution in [1.29, 1.82) is 0 Å². The van der Waals surface area contributed by atoms with E-state index in [0.717, 1.165) is 16.9 Å². The lowest BCUT2D eigenvalue weighted by molar-refractivity contribution is 0.341. The van der Waals surface area contributed by atoms with Gasteiger partial charge in [-0.2, -0.15) is 0 Å². The van der Waals surface area contributed by atoms with Gasteiger partial charge < -0.3 is 16.2 Å². The molecule has 3 heteroatoms. The molecule has 0 saturated heterocycles. The van der Waals surface area contributed by atoms with Crippen LogP contribution in [0.4, 0.5) is 11.4 Å². The first-order chi connectivity index (χ1) is 8.22. The van der Waals surface area contributed by atoms with Crippen LogP contribution < -0.4 is 16.2 Å². The van der Waals surface area contributed by atoms with Crippen molar-refractivity contribution in [3.63, 3.8) is 0 Å². The SMILES string of the molecule is CCOc1ccccc1-c1ccc(N)c(N)c1. The largest absolute Gasteiger partial charge is 0.493 e. The Balaban J connectivity index is 2.48. The van der Waals surface area contributed by atoms with E-state index >= 15 is 0 Å². The van der Waals surface area contributed by atoms with Gasteiger partial charge in [0.1, 0.15) is 5.75 Å². The van der Waals surface area contributed by atoms with E-state index in [1.807, 2.05) is 49.4 Å². The molecule has 0 aliphatic heterocycles. The van der Waals surface area contributed by atoms with Crippen LogP contribution in [0.2, 0.25) is 0 Å². The Morgan fingerprint density at radius 1 is 1.00 bits per heavy atom. The van der Waals surface area contributed by atoms with Crippen LogP contribution in [0, 0.1) is 0 Å². The molecule has 0 aliphatic carbocycles. The van der Waals surface area contributed by atoms with Crippen molar-refractivity contribution in [1.82, 2.24) is 0 Å². The van der Waals surface area contributed by atoms with Gasteiger partial charge in [-0.1, -0.05) is 24.3 Å². The summed E-state index contributed by atoms with van der Waals surface area (Å²) >= 11 is 0. The minimum atomic E-state index is 0.591. The molecule has 0 amide bonds. The second-order valence-electron chi connectivity index (χ2n) is 3.77. The maximum Gasteiger partial charge on any atom is 0.127 e. The van der Waals surface area contributed by atoms with Gasteiger partial charge in [0.15, 0.2) is 0 Å². The maximum absolute atomic E-state index is 5.82. The minimum Gasteiger partial charge on any atom is -0.493 e. The van der Waals surface area contributed by atoms with Gasteiger partial charge >= 0.3 is 0 Å². The summed E-state index contributed by atoms with van der Waals surface area (Å²) in [5, 5.41) is 0. The number of nitrogens with two attached hydrogens (primary N) is 2. The monoisotopic (exact) mass is 228 g/mol. The Morgan fingerprint density at radius 3 is 2.47 bits per heavy atom. The van der Waals surface area contributed by atoms with Gasteiger partial charge in [-0.3, -0.25) is 0 Å². The Bertz CT molecular complexity index is 523. The van der Waals surface area contributed by atoms with Crippen LogP contribution in [0.5, 0.6) is 5.75 Å². The molecule has 3 nitrogen and oxygen atoms in total. The fourth-order valence-electron chi connectivity index (χ4n) is 1.73. The molecule has 0 heterocycles. The Morgan fingerprint density at radius 2 is 1.76 bits per heavy atom. The molecule has 0 atom stereocenters. The van der Waals surface area contributed by atoms with E-state index in [-0.39, 0.29) is 0 Å². The number of ether oxygens (including phenoxy) is 1. The van der Waals surface area contributed by atoms with E-state index in [0.29, 0.717) is 18.0 Å². The summed E-state index contributed by atoms with van der Waals surface area (Å²) in [5.41, 5.74) is 14.8. The molecule has 0 fully saturated rings. The molecule has 88 valence electrons. The molecule has 0 unspecified atom stereocenters. The van der Waals surface area contributed by atoms with Gasteiger partial charge in [0.2, 0.25) is 0 Å². The molecule has 0 radical (unpaired) electrons. The van der Waals surface area contributed by atoms with Gasteiger partial charge in [-0.05, 0) is 30.7 Å². The van der Waals surface area contributed by atoms with Crippen LogP contribution in [0.3, 0.4) is 0 Å². The quantitative estimate of drug-likeness (QED) is 0.794. The van der Waals surface area contributed by atoms with Crippen LogP contribution in [0.1, 0.15) is 6.92 Å². The highest BCUT2D eigenvalue weighted by atomic mass is 16.5. The third kappa shape index (κ3) is 2.33. The van der Waals surface area contributed by atoms with Gasteiger partial charge in [0.25, 0.3) is 0 Å². The Labute approximate surface area is 101 Å². The van der Waals surface area contributed by atoms with E-state index in [1.165, 1.54) is 0 Å². The fraction of sp³-hybridized carbons (Fsp3) is 0.143. The number of para-hydroxylation sites is 1. The number of rotatable bonds is 3. The predicted molar refractivity (Wildman–Crippen MR) is 71.9 cm³/mol. The second kappa shape index (κ2) is 4.78. The second-order valence-corrected chi connectivity index (χ2v) is 3.77. The molecule has 0 spiro atoms. The number of nitrogen functional groups attached to an aromatic ring is 2. The fourth-order valence-corrected chi connectivity index (χ4v) is 1.73. The summed E-state index contributed by atoms with van der Waals surface area (Å²) < 4.78 is 5.59. The Hall–Kier alpha value is -2.16. The first-order valence-corrected chi connectivity index (χ1v) is 5.59. The summed E-state index contributed by atoms with van der Waals surface area (Å²) in [6.07, 6.45) is 0. The highest BCUT2D eigenvalue weighted by Crippen LogP contribution is 2.32. The average Bonchev–Trinajstić information content (AvgIpc) is 2.34. The number of benzene rings is 2. The lowest BCUT2D eigenvalue weighted by Crippen LogP contribution is -1.96. The van der Waals surface area contributed by atoms with E-state index in [9.17, 15) is 0 Å². The van der Waals surface area contributed by atoms with Gasteiger partial charge in [-0.25, -0.2) is 0 Å². The highest BCUT2D eigenvalue weighted by Gasteiger charge is 2.06. The molecule has 2 rings (SSSR count). The van der Waals surface area contributed by atoms with Crippen LogP contribution >= 0.6 is 0 Å². The maximum atomic E-state index is 5.82. The summed E-state index contributed by atoms with van der Waals surface area (Å²) in [4.78, 5) is 0. The molecule has 2 aromatic rings. The van der Waals surface area contributed by atoms with Crippen LogP contribution in [-0.2, 0) is 0 Å². The van der Waals surface area contributed by atoms with Crippen molar-refractivity contribution in [2.75, 3.05) is 18.1 Å². The zero-order valence-corrected chi connectivity index (χ0v) is 9.81. The van der Waals surface area contributed by atoms with Crippen LogP contribution in [0.25, 0.3) is 11.1 Å². The average molecular weight is 228 g/mol. The van der Waals surface area contributed by atoms with Crippen molar-refractivity contribution >= 4 is 11.4 Å². The molecular formula is C14H16N2O. The third-order valence-electron chi connectivity index (χ3n) is 2.58. The molecule has 0 aliphatic rings. The molecule has 0 saturated carbocycles. The lowest BCUT2D eigenvalue weighted by atomic mass is 10.0. The molecule has 17 heavy (non-hydrogen) atoms. The zero-order chi connectivity index (χ0) is 12.3. The van der Waals surface area contributed by atoms with Crippen LogP contribution in [-0.4, -0.2) is 6.61 Å². The van der Waals surface area contributed by atoms with Crippen molar-refractivity contribution in [2.45, 2.75) is 6.92 Å². The van der Waals surface area contributed by atoms with E-state index < -0.39 is 0 Å². The normalized spacial score (nSPS) is 10.2. The predicted octanol–water partition coefficient (Wildman–Crippen LogP) is 2.92. The number of hydrogen-bond donors (Lipinski definition) is 2. The van der Waals surface area contributed by atoms with E-state index in [1.54, 1.807) is 0 Å². The zero-order valence-electron chi connectivity index (χ0n) is 9.81. The minimum absolute atomic E-state index is 0.591. The van der Waals surface area contributed by atoms with Crippen molar-refractivity contribution in [3.05, 3.63) is 42.5 Å². The first-order valence-electron chi connectivity index (χ1n) is 5.59. The number of anilines is 2. The van der Waals surface area contributed by atoms with Crippen molar-refractivity contribution in [3.8, 4) is 16.9 Å². The van der Waals surface area contributed by atoms with E-state index in [2.05, 4.69) is 0 Å². The molecule has 2 aromatic carbocycles. The smallest absolute Gasteiger partial charge is 0.127 e. The van der Waals surface area contributed by atoms with Gasteiger partial charge in [-0.15, -0.1) is 0 Å². The summed E-state index contributed by atoms with van der Waals surface area (Å²) in [7, 11) is 0. The van der Waals surface area contributed by atoms with Crippen molar-refractivity contribution in [2.24, 2.45) is 0 Å². The Kier molecular flexibility index (Phi) is 3.19. The summed E-state index contributed by atoms with van der Waals surface area (Å²) in [5.74, 6) is 0.860. The highest BCUT2D eigenvalue weighted by molar-refractivity contribution is 5.77. The molecule has 4 N–H and O–H groups in total. The van der Waals surface area contributed by atoms with Gasteiger partial charge in [0, 0.05) is 5.56 Å². The summed E-state index contributed by atoms with van der Waals surface area (Å²) in [6, 6.07) is 13.5. The topological polar surface area (TPSA) is 61.3 Å². The standard InChI is InChI=1S/C14H16N2O/c1-2-17-14-6-4-3-5-11(14)10-7-8-12(15)13(16)9-10/h3-9H,2,15-16H2,1H3. The lowest BCUT2D eigenvalue weighted by Gasteiger charge is -2.11. The molecular weight excluding hydrogens is 212 g/mol. The van der Waals surface area contributed by atoms with Crippen molar-refractivity contribution < 1.29 is 4.74 Å². The third-order valence-corrected chi connectivity index (χ3v) is 2.58. The molecule has 0 aromatic heterocycles.